The van der Waals surface area contributed by atoms with Crippen molar-refractivity contribution in [3.8, 4) is 0 Å². The smallest absolute Gasteiger partial charge is 0.223 e. The second kappa shape index (κ2) is 8.03. The minimum absolute atomic E-state index is 0.239. The Bertz CT molecular complexity index is 792. The molecule has 2 saturated carbocycles. The highest BCUT2D eigenvalue weighted by atomic mass is 16.1. The normalized spacial score (nSPS) is 16.6. The molecule has 0 radical (unpaired) electrons. The van der Waals surface area contributed by atoms with E-state index in [0.717, 1.165) is 43.7 Å². The number of carbonyl (C=O) groups is 1. The Kier molecular flexibility index (Phi) is 5.32. The van der Waals surface area contributed by atoms with Gasteiger partial charge in [-0.05, 0) is 55.7 Å². The predicted octanol–water partition coefficient (Wildman–Crippen LogP) is 3.76. The summed E-state index contributed by atoms with van der Waals surface area (Å²) in [6, 6.07) is 6.56. The van der Waals surface area contributed by atoms with E-state index in [0.29, 0.717) is 5.92 Å². The topological polar surface area (TPSA) is 71.0 Å². The van der Waals surface area contributed by atoms with Gasteiger partial charge in [0.2, 0.25) is 5.91 Å². The van der Waals surface area contributed by atoms with Crippen molar-refractivity contribution in [3.63, 3.8) is 0 Å². The quantitative estimate of drug-likeness (QED) is 0.590. The summed E-state index contributed by atoms with van der Waals surface area (Å²) in [5.41, 5.74) is 4.66. The Balaban J connectivity index is 1.31. The van der Waals surface area contributed by atoms with E-state index in [4.69, 9.17) is 0 Å². The standard InChI is InChI=1S/C21H29N5O/c1-26-14-18(13-24-26)25-17-8-9-19(15-6-7-15)20(12-17)22-10-3-11-23-21(27)16-4-2-5-16/h8-9,12-16,22,25H,2-7,10-11H2,1H3,(H,23,27). The maximum Gasteiger partial charge on any atom is 0.223 e. The van der Waals surface area contributed by atoms with Gasteiger partial charge in [0.25, 0.3) is 0 Å². The number of benzene rings is 1. The molecule has 1 heterocycles. The molecular weight excluding hydrogens is 338 g/mol. The highest BCUT2D eigenvalue weighted by molar-refractivity contribution is 5.79. The van der Waals surface area contributed by atoms with E-state index in [1.165, 1.54) is 30.5 Å². The van der Waals surface area contributed by atoms with E-state index >= 15 is 0 Å². The molecule has 144 valence electrons. The number of aromatic nitrogens is 2. The number of nitrogens with one attached hydrogen (secondary N) is 3. The van der Waals surface area contributed by atoms with Crippen molar-refractivity contribution in [2.75, 3.05) is 23.7 Å². The third-order valence-corrected chi connectivity index (χ3v) is 5.51. The first kappa shape index (κ1) is 17.9. The second-order valence-electron chi connectivity index (χ2n) is 7.80. The van der Waals surface area contributed by atoms with Gasteiger partial charge in [0.15, 0.2) is 0 Å². The molecule has 2 aliphatic rings. The largest absolute Gasteiger partial charge is 0.385 e. The summed E-state index contributed by atoms with van der Waals surface area (Å²) in [4.78, 5) is 11.9. The van der Waals surface area contributed by atoms with E-state index in [2.05, 4.69) is 39.2 Å². The van der Waals surface area contributed by atoms with Crippen molar-refractivity contribution in [1.29, 1.82) is 0 Å². The van der Waals surface area contributed by atoms with Crippen molar-refractivity contribution < 1.29 is 4.79 Å². The van der Waals surface area contributed by atoms with Crippen LogP contribution < -0.4 is 16.0 Å². The highest BCUT2D eigenvalue weighted by Crippen LogP contribution is 2.44. The fraction of sp³-hybridized carbons (Fsp3) is 0.524. The molecule has 0 atom stereocenters. The molecule has 2 aromatic rings. The van der Waals surface area contributed by atoms with E-state index in [1.54, 1.807) is 4.68 Å². The number of aryl methyl sites for hydroxylation is 1. The lowest BCUT2D eigenvalue weighted by atomic mass is 9.85. The third-order valence-electron chi connectivity index (χ3n) is 5.51. The van der Waals surface area contributed by atoms with Crippen LogP contribution in [0.5, 0.6) is 0 Å². The molecule has 3 N–H and O–H groups in total. The molecule has 1 aromatic carbocycles. The summed E-state index contributed by atoms with van der Waals surface area (Å²) >= 11 is 0. The molecule has 0 aliphatic heterocycles. The van der Waals surface area contributed by atoms with Crippen molar-refractivity contribution in [3.05, 3.63) is 36.2 Å². The molecule has 6 nitrogen and oxygen atoms in total. The Morgan fingerprint density at radius 3 is 2.70 bits per heavy atom. The summed E-state index contributed by atoms with van der Waals surface area (Å²) in [6.45, 7) is 1.61. The van der Waals surface area contributed by atoms with Gasteiger partial charge >= 0.3 is 0 Å². The van der Waals surface area contributed by atoms with Gasteiger partial charge in [-0.1, -0.05) is 12.5 Å². The molecule has 0 saturated heterocycles. The molecular formula is C21H29N5O. The number of amides is 1. The van der Waals surface area contributed by atoms with Crippen LogP contribution in [0.1, 0.15) is 50.0 Å². The number of anilines is 3. The second-order valence-corrected chi connectivity index (χ2v) is 7.80. The number of rotatable bonds is 9. The van der Waals surface area contributed by atoms with E-state index in [-0.39, 0.29) is 11.8 Å². The van der Waals surface area contributed by atoms with Crippen LogP contribution in [-0.2, 0) is 11.8 Å². The minimum atomic E-state index is 0.239. The number of hydrogen-bond donors (Lipinski definition) is 3. The molecule has 0 bridgehead atoms. The van der Waals surface area contributed by atoms with Crippen molar-refractivity contribution >= 4 is 23.0 Å². The molecule has 0 unspecified atom stereocenters. The zero-order valence-electron chi connectivity index (χ0n) is 16.0. The van der Waals surface area contributed by atoms with Crippen LogP contribution in [0.4, 0.5) is 17.1 Å². The van der Waals surface area contributed by atoms with Crippen molar-refractivity contribution in [2.45, 2.75) is 44.4 Å². The van der Waals surface area contributed by atoms with Crippen LogP contribution >= 0.6 is 0 Å². The first-order valence-electron chi connectivity index (χ1n) is 10.1. The number of carbonyl (C=O) groups excluding carboxylic acids is 1. The maximum atomic E-state index is 11.9. The summed E-state index contributed by atoms with van der Waals surface area (Å²) in [7, 11) is 1.91. The lowest BCUT2D eigenvalue weighted by Crippen LogP contribution is -2.35. The van der Waals surface area contributed by atoms with E-state index < -0.39 is 0 Å². The predicted molar refractivity (Wildman–Crippen MR) is 108 cm³/mol. The molecule has 1 aromatic heterocycles. The van der Waals surface area contributed by atoms with Gasteiger partial charge in [0.05, 0.1) is 11.9 Å². The molecule has 6 heteroatoms. The first-order valence-corrected chi connectivity index (χ1v) is 10.1. The Hall–Kier alpha value is -2.50. The van der Waals surface area contributed by atoms with Crippen LogP contribution in [0.3, 0.4) is 0 Å². The summed E-state index contributed by atoms with van der Waals surface area (Å²) in [5.74, 6) is 1.20. The summed E-state index contributed by atoms with van der Waals surface area (Å²) < 4.78 is 1.79. The van der Waals surface area contributed by atoms with Gasteiger partial charge in [-0.25, -0.2) is 0 Å². The minimum Gasteiger partial charge on any atom is -0.385 e. The van der Waals surface area contributed by atoms with Crippen LogP contribution in [0.25, 0.3) is 0 Å². The van der Waals surface area contributed by atoms with E-state index in [1.807, 2.05) is 19.4 Å². The maximum absolute atomic E-state index is 11.9. The summed E-state index contributed by atoms with van der Waals surface area (Å²) in [6.07, 6.45) is 10.6. The molecule has 0 spiro atoms. The van der Waals surface area contributed by atoms with Crippen molar-refractivity contribution in [2.24, 2.45) is 13.0 Å². The van der Waals surface area contributed by atoms with Gasteiger partial charge in [0.1, 0.15) is 0 Å². The average molecular weight is 367 g/mol. The van der Waals surface area contributed by atoms with Gasteiger partial charge in [-0.3, -0.25) is 9.48 Å². The van der Waals surface area contributed by atoms with Gasteiger partial charge < -0.3 is 16.0 Å². The average Bonchev–Trinajstić information content (AvgIpc) is 3.36. The van der Waals surface area contributed by atoms with Crippen LogP contribution in [0, 0.1) is 5.92 Å². The Morgan fingerprint density at radius 1 is 1.19 bits per heavy atom. The lowest BCUT2D eigenvalue weighted by molar-refractivity contribution is -0.127. The van der Waals surface area contributed by atoms with Gasteiger partial charge in [-0.15, -0.1) is 0 Å². The van der Waals surface area contributed by atoms with Crippen LogP contribution in [-0.4, -0.2) is 28.8 Å². The lowest BCUT2D eigenvalue weighted by Gasteiger charge is -2.24. The molecule has 1 amide bonds. The van der Waals surface area contributed by atoms with Crippen molar-refractivity contribution in [1.82, 2.24) is 15.1 Å². The van der Waals surface area contributed by atoms with Crippen LogP contribution in [0.2, 0.25) is 0 Å². The zero-order chi connectivity index (χ0) is 18.6. The molecule has 4 rings (SSSR count). The fourth-order valence-electron chi connectivity index (χ4n) is 3.53. The van der Waals surface area contributed by atoms with Gasteiger partial charge in [0, 0.05) is 43.6 Å². The third kappa shape index (κ3) is 4.62. The molecule has 27 heavy (non-hydrogen) atoms. The van der Waals surface area contributed by atoms with E-state index in [9.17, 15) is 4.79 Å². The summed E-state index contributed by atoms with van der Waals surface area (Å²) in [5, 5.41) is 14.3. The van der Waals surface area contributed by atoms with Crippen LogP contribution in [0.15, 0.2) is 30.6 Å². The Labute approximate surface area is 160 Å². The SMILES string of the molecule is Cn1cc(Nc2ccc(C3CC3)c(NCCCNC(=O)C3CCC3)c2)cn1. The highest BCUT2D eigenvalue weighted by Gasteiger charge is 2.26. The molecule has 2 fully saturated rings. The molecule has 2 aliphatic carbocycles. The number of hydrogen-bond acceptors (Lipinski definition) is 4. The first-order chi connectivity index (χ1) is 13.2. The monoisotopic (exact) mass is 367 g/mol. The number of nitrogens with zero attached hydrogens (tertiary/aromatic N) is 2. The van der Waals surface area contributed by atoms with Gasteiger partial charge in [-0.2, -0.15) is 5.10 Å². The zero-order valence-corrected chi connectivity index (χ0v) is 16.0. The fourth-order valence-corrected chi connectivity index (χ4v) is 3.53. The Morgan fingerprint density at radius 2 is 2.04 bits per heavy atom.